The fraction of sp³-hybridized carbons (Fsp3) is 0.938. The molecule has 0 spiro atoms. The molecule has 20 heavy (non-hydrogen) atoms. The summed E-state index contributed by atoms with van der Waals surface area (Å²) in [4.78, 5) is 11.7. The molecule has 0 aromatic carbocycles. The Labute approximate surface area is 124 Å². The summed E-state index contributed by atoms with van der Waals surface area (Å²) >= 11 is 0. The molecule has 0 radical (unpaired) electrons. The third-order valence-corrected chi connectivity index (χ3v) is 3.94. The van der Waals surface area contributed by atoms with Crippen molar-refractivity contribution in [2.75, 3.05) is 19.6 Å². The van der Waals surface area contributed by atoms with E-state index in [4.69, 9.17) is 4.74 Å². The molecule has 0 aromatic heterocycles. The Morgan fingerprint density at radius 1 is 1.30 bits per heavy atom. The average Bonchev–Trinajstić information content (AvgIpc) is 2.96. The van der Waals surface area contributed by atoms with Gasteiger partial charge in [0.1, 0.15) is 5.60 Å². The maximum absolute atomic E-state index is 11.7. The molecular weight excluding hydrogens is 252 g/mol. The minimum atomic E-state index is -0.433. The lowest BCUT2D eigenvalue weighted by atomic mass is 9.95. The molecule has 1 aliphatic carbocycles. The van der Waals surface area contributed by atoms with Gasteiger partial charge in [0.25, 0.3) is 0 Å². The molecule has 0 aliphatic heterocycles. The smallest absolute Gasteiger partial charge is 0.407 e. The van der Waals surface area contributed by atoms with Crippen molar-refractivity contribution in [3.05, 3.63) is 0 Å². The van der Waals surface area contributed by atoms with Gasteiger partial charge in [-0.05, 0) is 64.0 Å². The van der Waals surface area contributed by atoms with E-state index < -0.39 is 5.60 Å². The Bertz CT molecular complexity index is 310. The third-order valence-electron chi connectivity index (χ3n) is 3.94. The highest BCUT2D eigenvalue weighted by Gasteiger charge is 2.31. The molecule has 4 heteroatoms. The Balaban J connectivity index is 2.22. The van der Waals surface area contributed by atoms with Crippen LogP contribution in [-0.4, -0.2) is 31.3 Å². The fourth-order valence-corrected chi connectivity index (χ4v) is 2.21. The van der Waals surface area contributed by atoms with Gasteiger partial charge in [-0.25, -0.2) is 4.79 Å². The standard InChI is InChI=1S/C16H32N2O2/c1-11(2)14(9-17-8-13-7-12(13)3)10-18-15(19)20-16(4,5)6/h11-14,17H,7-10H2,1-6H3,(H,18,19). The van der Waals surface area contributed by atoms with Crippen LogP contribution in [0.5, 0.6) is 0 Å². The predicted octanol–water partition coefficient (Wildman–Crippen LogP) is 3.03. The van der Waals surface area contributed by atoms with E-state index in [1.807, 2.05) is 20.8 Å². The maximum Gasteiger partial charge on any atom is 0.407 e. The molecular formula is C16H32N2O2. The molecule has 4 nitrogen and oxygen atoms in total. The van der Waals surface area contributed by atoms with Crippen molar-refractivity contribution < 1.29 is 9.53 Å². The number of ether oxygens (including phenoxy) is 1. The van der Waals surface area contributed by atoms with E-state index in [1.165, 1.54) is 6.42 Å². The summed E-state index contributed by atoms with van der Waals surface area (Å²) < 4.78 is 5.26. The summed E-state index contributed by atoms with van der Waals surface area (Å²) in [6, 6.07) is 0. The lowest BCUT2D eigenvalue weighted by Gasteiger charge is -2.24. The molecule has 3 unspecified atom stereocenters. The predicted molar refractivity (Wildman–Crippen MR) is 82.7 cm³/mol. The van der Waals surface area contributed by atoms with E-state index in [1.54, 1.807) is 0 Å². The van der Waals surface area contributed by atoms with Crippen LogP contribution < -0.4 is 10.6 Å². The highest BCUT2D eigenvalue weighted by molar-refractivity contribution is 5.67. The number of nitrogens with one attached hydrogen (secondary N) is 2. The highest BCUT2D eigenvalue weighted by atomic mass is 16.6. The fourth-order valence-electron chi connectivity index (χ4n) is 2.21. The number of rotatable bonds is 7. The Hall–Kier alpha value is -0.770. The average molecular weight is 284 g/mol. The zero-order valence-corrected chi connectivity index (χ0v) is 14.0. The molecule has 1 amide bonds. The van der Waals surface area contributed by atoms with Crippen LogP contribution >= 0.6 is 0 Å². The van der Waals surface area contributed by atoms with Gasteiger partial charge < -0.3 is 15.4 Å². The number of amides is 1. The summed E-state index contributed by atoms with van der Waals surface area (Å²) in [7, 11) is 0. The molecule has 0 bridgehead atoms. The summed E-state index contributed by atoms with van der Waals surface area (Å²) in [5, 5.41) is 6.42. The van der Waals surface area contributed by atoms with Crippen LogP contribution in [0.15, 0.2) is 0 Å². The molecule has 0 aromatic rings. The van der Waals surface area contributed by atoms with Gasteiger partial charge in [0.05, 0.1) is 0 Å². The van der Waals surface area contributed by atoms with E-state index in [-0.39, 0.29) is 6.09 Å². The molecule has 0 heterocycles. The Morgan fingerprint density at radius 2 is 1.90 bits per heavy atom. The van der Waals surface area contributed by atoms with Crippen LogP contribution in [0.1, 0.15) is 48.0 Å². The quantitative estimate of drug-likeness (QED) is 0.755. The van der Waals surface area contributed by atoms with Gasteiger partial charge in [0.15, 0.2) is 0 Å². The zero-order valence-electron chi connectivity index (χ0n) is 14.0. The second-order valence-corrected chi connectivity index (χ2v) is 7.52. The first-order valence-electron chi connectivity index (χ1n) is 7.86. The molecule has 3 atom stereocenters. The van der Waals surface area contributed by atoms with E-state index in [9.17, 15) is 4.79 Å². The molecule has 1 fully saturated rings. The van der Waals surface area contributed by atoms with Gasteiger partial charge in [-0.2, -0.15) is 0 Å². The van der Waals surface area contributed by atoms with Crippen LogP contribution in [0.3, 0.4) is 0 Å². The van der Waals surface area contributed by atoms with Crippen LogP contribution in [0, 0.1) is 23.7 Å². The van der Waals surface area contributed by atoms with Crippen molar-refractivity contribution in [1.82, 2.24) is 10.6 Å². The van der Waals surface area contributed by atoms with Gasteiger partial charge in [-0.1, -0.05) is 20.8 Å². The topological polar surface area (TPSA) is 50.4 Å². The van der Waals surface area contributed by atoms with Gasteiger partial charge >= 0.3 is 6.09 Å². The van der Waals surface area contributed by atoms with Crippen LogP contribution in [0.4, 0.5) is 4.79 Å². The van der Waals surface area contributed by atoms with E-state index in [0.29, 0.717) is 18.4 Å². The first kappa shape index (κ1) is 17.3. The molecule has 1 aliphatic rings. The monoisotopic (exact) mass is 284 g/mol. The minimum Gasteiger partial charge on any atom is -0.444 e. The number of carbonyl (C=O) groups is 1. The van der Waals surface area contributed by atoms with Gasteiger partial charge in [0.2, 0.25) is 0 Å². The zero-order chi connectivity index (χ0) is 15.3. The maximum atomic E-state index is 11.7. The first-order chi connectivity index (χ1) is 9.19. The lowest BCUT2D eigenvalue weighted by molar-refractivity contribution is 0.0515. The van der Waals surface area contributed by atoms with Crippen molar-refractivity contribution in [2.24, 2.45) is 23.7 Å². The lowest BCUT2D eigenvalue weighted by Crippen LogP contribution is -2.40. The van der Waals surface area contributed by atoms with Crippen LogP contribution in [0.2, 0.25) is 0 Å². The SMILES string of the molecule is CC(C)C(CNCC1CC1C)CNC(=O)OC(C)(C)C. The number of hydrogen-bond donors (Lipinski definition) is 2. The Morgan fingerprint density at radius 3 is 2.35 bits per heavy atom. The second-order valence-electron chi connectivity index (χ2n) is 7.52. The molecule has 2 N–H and O–H groups in total. The van der Waals surface area contributed by atoms with E-state index in [2.05, 4.69) is 31.4 Å². The normalized spacial score (nSPS) is 23.6. The van der Waals surface area contributed by atoms with Gasteiger partial charge in [-0.3, -0.25) is 0 Å². The highest BCUT2D eigenvalue weighted by Crippen LogP contribution is 2.36. The summed E-state index contributed by atoms with van der Waals surface area (Å²) in [5.41, 5.74) is -0.433. The first-order valence-corrected chi connectivity index (χ1v) is 7.86. The Kier molecular flexibility index (Phi) is 6.31. The number of carbonyl (C=O) groups excluding carboxylic acids is 1. The van der Waals surface area contributed by atoms with E-state index >= 15 is 0 Å². The molecule has 118 valence electrons. The minimum absolute atomic E-state index is 0.320. The largest absolute Gasteiger partial charge is 0.444 e. The second kappa shape index (κ2) is 7.30. The van der Waals surface area contributed by atoms with Crippen molar-refractivity contribution in [1.29, 1.82) is 0 Å². The molecule has 1 rings (SSSR count). The summed E-state index contributed by atoms with van der Waals surface area (Å²) in [6.45, 7) is 15.1. The van der Waals surface area contributed by atoms with Crippen LogP contribution in [0.25, 0.3) is 0 Å². The summed E-state index contributed by atoms with van der Waals surface area (Å²) in [6.07, 6.45) is 1.04. The molecule has 1 saturated carbocycles. The van der Waals surface area contributed by atoms with Gasteiger partial charge in [-0.15, -0.1) is 0 Å². The number of hydrogen-bond acceptors (Lipinski definition) is 3. The summed E-state index contributed by atoms with van der Waals surface area (Å²) in [5.74, 6) is 2.73. The van der Waals surface area contributed by atoms with Crippen molar-refractivity contribution in [3.8, 4) is 0 Å². The van der Waals surface area contributed by atoms with Crippen LogP contribution in [-0.2, 0) is 4.74 Å². The van der Waals surface area contributed by atoms with E-state index in [0.717, 1.165) is 24.9 Å². The number of alkyl carbamates (subject to hydrolysis) is 1. The van der Waals surface area contributed by atoms with Crippen molar-refractivity contribution >= 4 is 6.09 Å². The molecule has 0 saturated heterocycles. The third kappa shape index (κ3) is 7.13. The van der Waals surface area contributed by atoms with Crippen molar-refractivity contribution in [2.45, 2.75) is 53.6 Å². The van der Waals surface area contributed by atoms with Crippen molar-refractivity contribution in [3.63, 3.8) is 0 Å². The van der Waals surface area contributed by atoms with Gasteiger partial charge in [0, 0.05) is 6.54 Å².